The molecule has 2 unspecified atom stereocenters. The van der Waals surface area contributed by atoms with Crippen LogP contribution in [0.5, 0.6) is 0 Å². The van der Waals surface area contributed by atoms with Crippen LogP contribution in [0.15, 0.2) is 30.5 Å². The highest BCUT2D eigenvalue weighted by Crippen LogP contribution is 2.39. The third-order valence-corrected chi connectivity index (χ3v) is 5.80. The van der Waals surface area contributed by atoms with Gasteiger partial charge in [0, 0.05) is 23.3 Å². The summed E-state index contributed by atoms with van der Waals surface area (Å²) in [5, 5.41) is 16.9. The first-order valence-electron chi connectivity index (χ1n) is 9.42. The van der Waals surface area contributed by atoms with Crippen molar-refractivity contribution in [3.63, 3.8) is 0 Å². The Balaban J connectivity index is 1.56. The number of carbonyl (C=O) groups is 1. The number of aromatic nitrogens is 2. The predicted molar refractivity (Wildman–Crippen MR) is 95.7 cm³/mol. The zero-order valence-corrected chi connectivity index (χ0v) is 15.5. The van der Waals surface area contributed by atoms with Crippen molar-refractivity contribution in [2.45, 2.75) is 62.9 Å². The number of fused-ring (bicyclic) bond motifs is 1. The van der Waals surface area contributed by atoms with Crippen LogP contribution in [-0.2, 0) is 18.4 Å². The minimum Gasteiger partial charge on any atom is -0.376 e. The summed E-state index contributed by atoms with van der Waals surface area (Å²) in [6, 6.07) is 5.35. The number of halogens is 3. The van der Waals surface area contributed by atoms with E-state index in [-0.39, 0.29) is 23.6 Å². The molecular weight excluding hydrogens is 371 g/mol. The topological polar surface area (TPSA) is 69.2 Å². The van der Waals surface area contributed by atoms with E-state index < -0.39 is 11.8 Å². The smallest absolute Gasteiger partial charge is 0.376 e. The number of hydrogen-bond donors (Lipinski definition) is 2. The molecule has 0 bridgehead atoms. The molecule has 150 valence electrons. The molecule has 0 aliphatic heterocycles. The third-order valence-electron chi connectivity index (χ3n) is 5.80. The van der Waals surface area contributed by atoms with Crippen molar-refractivity contribution < 1.29 is 23.1 Å². The van der Waals surface area contributed by atoms with Crippen LogP contribution in [0.25, 0.3) is 0 Å². The van der Waals surface area contributed by atoms with Gasteiger partial charge < -0.3 is 10.0 Å². The van der Waals surface area contributed by atoms with E-state index in [1.54, 1.807) is 6.20 Å². The van der Waals surface area contributed by atoms with Gasteiger partial charge >= 0.3 is 6.18 Å². The first-order chi connectivity index (χ1) is 13.2. The summed E-state index contributed by atoms with van der Waals surface area (Å²) in [6.07, 6.45) is 1.29. The molecule has 28 heavy (non-hydrogen) atoms. The fraction of sp³-hybridized carbons (Fsp3) is 0.500. The van der Waals surface area contributed by atoms with E-state index in [1.807, 2.05) is 4.90 Å². The summed E-state index contributed by atoms with van der Waals surface area (Å²) >= 11 is 0. The summed E-state index contributed by atoms with van der Waals surface area (Å²) in [6.45, 7) is 0.713. The highest BCUT2D eigenvalue weighted by Gasteiger charge is 2.51. The summed E-state index contributed by atoms with van der Waals surface area (Å²) in [5.74, 6) is -0.169. The first-order valence-corrected chi connectivity index (χ1v) is 9.42. The van der Waals surface area contributed by atoms with E-state index >= 15 is 0 Å². The first kappa shape index (κ1) is 19.0. The van der Waals surface area contributed by atoms with Crippen molar-refractivity contribution in [3.8, 4) is 0 Å². The fourth-order valence-electron chi connectivity index (χ4n) is 3.87. The number of aromatic amines is 1. The van der Waals surface area contributed by atoms with Crippen molar-refractivity contribution in [1.82, 2.24) is 15.1 Å². The molecule has 4 rings (SSSR count). The average Bonchev–Trinajstić information content (AvgIpc) is 3.36. The SMILES string of the molecule is CC(O)(c1ccc(C(=O)N(C2CC2)C2CCc3[nH]ncc3C2)cc1)C(F)(F)F. The lowest BCUT2D eigenvalue weighted by molar-refractivity contribution is -0.258. The van der Waals surface area contributed by atoms with E-state index in [9.17, 15) is 23.1 Å². The van der Waals surface area contributed by atoms with Gasteiger partial charge in [-0.3, -0.25) is 9.89 Å². The van der Waals surface area contributed by atoms with Gasteiger partial charge in [-0.1, -0.05) is 12.1 Å². The van der Waals surface area contributed by atoms with Crippen molar-refractivity contribution in [2.75, 3.05) is 0 Å². The lowest BCUT2D eigenvalue weighted by atomic mass is 9.91. The monoisotopic (exact) mass is 393 g/mol. The molecule has 1 saturated carbocycles. The number of nitrogens with one attached hydrogen (secondary N) is 1. The van der Waals surface area contributed by atoms with Gasteiger partial charge in [-0.2, -0.15) is 18.3 Å². The number of hydrogen-bond acceptors (Lipinski definition) is 3. The number of aryl methyl sites for hydroxylation is 1. The normalized spacial score (nSPS) is 21.7. The number of benzene rings is 1. The second-order valence-corrected chi connectivity index (χ2v) is 7.86. The molecule has 1 amide bonds. The average molecular weight is 393 g/mol. The molecule has 0 saturated heterocycles. The Labute approximate surface area is 160 Å². The molecule has 1 fully saturated rings. The molecule has 2 aromatic rings. The Morgan fingerprint density at radius 1 is 1.18 bits per heavy atom. The number of alkyl halides is 3. The molecule has 2 aliphatic carbocycles. The Morgan fingerprint density at radius 2 is 1.86 bits per heavy atom. The molecule has 5 nitrogen and oxygen atoms in total. The van der Waals surface area contributed by atoms with Gasteiger partial charge in [-0.15, -0.1) is 0 Å². The van der Waals surface area contributed by atoms with Crippen LogP contribution < -0.4 is 0 Å². The number of carbonyl (C=O) groups excluding carboxylic acids is 1. The van der Waals surface area contributed by atoms with Crippen LogP contribution in [0.3, 0.4) is 0 Å². The quantitative estimate of drug-likeness (QED) is 0.837. The lowest BCUT2D eigenvalue weighted by Gasteiger charge is -2.34. The lowest BCUT2D eigenvalue weighted by Crippen LogP contribution is -2.45. The second kappa shape index (κ2) is 6.62. The largest absolute Gasteiger partial charge is 0.421 e. The Kier molecular flexibility index (Phi) is 4.49. The molecule has 0 spiro atoms. The number of aliphatic hydroxyl groups is 1. The van der Waals surface area contributed by atoms with Crippen molar-refractivity contribution in [3.05, 3.63) is 52.8 Å². The van der Waals surface area contributed by atoms with Gasteiger partial charge in [-0.25, -0.2) is 0 Å². The van der Waals surface area contributed by atoms with Gasteiger partial charge in [0.25, 0.3) is 5.91 Å². The highest BCUT2D eigenvalue weighted by molar-refractivity contribution is 5.95. The number of nitrogens with zero attached hydrogens (tertiary/aromatic N) is 2. The molecule has 2 atom stereocenters. The van der Waals surface area contributed by atoms with Crippen LogP contribution in [0.1, 0.15) is 53.4 Å². The highest BCUT2D eigenvalue weighted by atomic mass is 19.4. The number of H-pyrrole nitrogens is 1. The van der Waals surface area contributed by atoms with E-state index in [0.29, 0.717) is 12.5 Å². The van der Waals surface area contributed by atoms with Gasteiger partial charge in [0.15, 0.2) is 5.60 Å². The molecular formula is C20H22F3N3O2. The van der Waals surface area contributed by atoms with Crippen LogP contribution in [0.2, 0.25) is 0 Å². The molecule has 2 N–H and O–H groups in total. The Bertz CT molecular complexity index is 870. The maximum atomic E-state index is 13.2. The van der Waals surface area contributed by atoms with Crippen LogP contribution in [0.4, 0.5) is 13.2 Å². The van der Waals surface area contributed by atoms with Crippen LogP contribution in [-0.4, -0.2) is 44.4 Å². The van der Waals surface area contributed by atoms with Crippen LogP contribution in [0, 0.1) is 0 Å². The van der Waals surface area contributed by atoms with Crippen molar-refractivity contribution in [2.24, 2.45) is 0 Å². The standard InChI is InChI=1S/C20H22F3N3O2/c1-19(28,20(21,22)23)14-4-2-12(3-5-14)18(27)26(15-6-7-15)16-8-9-17-13(10-16)11-24-25-17/h2-5,11,15-16,28H,6-10H2,1H3,(H,24,25). The predicted octanol–water partition coefficient (Wildman–Crippen LogP) is 3.34. The minimum absolute atomic E-state index is 0.0584. The Morgan fingerprint density at radius 3 is 2.46 bits per heavy atom. The fourth-order valence-corrected chi connectivity index (χ4v) is 3.87. The minimum atomic E-state index is -4.79. The molecule has 1 aromatic carbocycles. The maximum absolute atomic E-state index is 13.2. The number of rotatable bonds is 4. The van der Waals surface area contributed by atoms with Gasteiger partial charge in [-0.05, 0) is 62.3 Å². The summed E-state index contributed by atoms with van der Waals surface area (Å²) in [5.41, 5.74) is -0.669. The zero-order chi connectivity index (χ0) is 20.1. The van der Waals surface area contributed by atoms with E-state index in [4.69, 9.17) is 0 Å². The van der Waals surface area contributed by atoms with E-state index in [2.05, 4.69) is 10.2 Å². The van der Waals surface area contributed by atoms with Gasteiger partial charge in [0.05, 0.1) is 6.20 Å². The van der Waals surface area contributed by atoms with Crippen molar-refractivity contribution >= 4 is 5.91 Å². The summed E-state index contributed by atoms with van der Waals surface area (Å²) in [7, 11) is 0. The molecule has 1 aromatic heterocycles. The van der Waals surface area contributed by atoms with Gasteiger partial charge in [0.1, 0.15) is 0 Å². The zero-order valence-electron chi connectivity index (χ0n) is 15.5. The molecule has 1 heterocycles. The second-order valence-electron chi connectivity index (χ2n) is 7.86. The van der Waals surface area contributed by atoms with Crippen molar-refractivity contribution in [1.29, 1.82) is 0 Å². The van der Waals surface area contributed by atoms with Gasteiger partial charge in [0.2, 0.25) is 0 Å². The van der Waals surface area contributed by atoms with E-state index in [1.165, 1.54) is 24.3 Å². The summed E-state index contributed by atoms with van der Waals surface area (Å²) < 4.78 is 39.1. The molecule has 0 radical (unpaired) electrons. The number of amides is 1. The Hall–Kier alpha value is -2.35. The van der Waals surface area contributed by atoms with Crippen LogP contribution >= 0.6 is 0 Å². The third kappa shape index (κ3) is 3.30. The van der Waals surface area contributed by atoms with E-state index in [0.717, 1.165) is 43.4 Å². The summed E-state index contributed by atoms with van der Waals surface area (Å²) in [4.78, 5) is 15.0. The molecule has 8 heteroatoms. The maximum Gasteiger partial charge on any atom is 0.421 e. The molecule has 2 aliphatic rings.